The van der Waals surface area contributed by atoms with Crippen LogP contribution in [0.1, 0.15) is 16.8 Å². The van der Waals surface area contributed by atoms with Crippen molar-refractivity contribution in [3.05, 3.63) is 51.2 Å². The molecule has 0 aliphatic rings. The van der Waals surface area contributed by atoms with Gasteiger partial charge in [0.15, 0.2) is 0 Å². The first-order chi connectivity index (χ1) is 10.0. The second kappa shape index (κ2) is 6.14. The number of nitrogens with one attached hydrogen (secondary N) is 2. The number of rotatable bonds is 5. The maximum Gasteiger partial charge on any atom is 0.332 e. The van der Waals surface area contributed by atoms with Gasteiger partial charge in [0.1, 0.15) is 5.69 Å². The van der Waals surface area contributed by atoms with Crippen LogP contribution in [0.2, 0.25) is 0 Å². The predicted octanol–water partition coefficient (Wildman–Crippen LogP) is 1.90. The Hall–Kier alpha value is -2.74. The molecule has 2 rings (SSSR count). The van der Waals surface area contributed by atoms with Crippen LogP contribution in [0.4, 0.5) is 17.5 Å². The van der Waals surface area contributed by atoms with Crippen molar-refractivity contribution in [1.29, 1.82) is 0 Å². The molecule has 0 spiro atoms. The van der Waals surface area contributed by atoms with Crippen molar-refractivity contribution in [3.8, 4) is 0 Å². The van der Waals surface area contributed by atoms with Gasteiger partial charge in [0.25, 0.3) is 0 Å². The van der Waals surface area contributed by atoms with Crippen LogP contribution in [-0.2, 0) is 6.54 Å². The summed E-state index contributed by atoms with van der Waals surface area (Å²) in [5.41, 5.74) is 4.52. The number of nitrogen functional groups attached to an aromatic ring is 1. The van der Waals surface area contributed by atoms with Gasteiger partial charge in [-0.15, -0.1) is 0 Å². The molecule has 0 bridgehead atoms. The molecule has 8 heteroatoms. The smallest absolute Gasteiger partial charge is 0.332 e. The van der Waals surface area contributed by atoms with E-state index in [0.717, 1.165) is 11.1 Å². The molecule has 0 saturated carbocycles. The summed E-state index contributed by atoms with van der Waals surface area (Å²) in [5.74, 6) is 5.54. The summed E-state index contributed by atoms with van der Waals surface area (Å²) in [4.78, 5) is 18.6. The molecule has 0 unspecified atom stereocenters. The van der Waals surface area contributed by atoms with E-state index >= 15 is 0 Å². The number of aromatic nitrogens is 2. The third-order valence-corrected chi connectivity index (χ3v) is 3.08. The zero-order chi connectivity index (χ0) is 15.4. The second-order valence-electron chi connectivity index (χ2n) is 4.51. The number of nitrogens with two attached hydrogens (primary N) is 1. The molecule has 4 N–H and O–H groups in total. The number of benzene rings is 1. The van der Waals surface area contributed by atoms with Gasteiger partial charge in [-0.1, -0.05) is 24.3 Å². The van der Waals surface area contributed by atoms with Gasteiger partial charge in [0.2, 0.25) is 11.8 Å². The Morgan fingerprint density at radius 2 is 2.00 bits per heavy atom. The van der Waals surface area contributed by atoms with E-state index in [1.165, 1.54) is 0 Å². The monoisotopic (exact) mass is 288 g/mol. The number of hydrogen-bond donors (Lipinski definition) is 3. The van der Waals surface area contributed by atoms with E-state index in [9.17, 15) is 10.1 Å². The lowest BCUT2D eigenvalue weighted by Crippen LogP contribution is -2.14. The topological polar surface area (TPSA) is 119 Å². The molecule has 0 amide bonds. The van der Waals surface area contributed by atoms with Gasteiger partial charge >= 0.3 is 5.69 Å². The lowest BCUT2D eigenvalue weighted by atomic mass is 10.1. The van der Waals surface area contributed by atoms with Crippen LogP contribution in [0.25, 0.3) is 0 Å². The number of nitrogens with zero attached hydrogens (tertiary/aromatic N) is 3. The molecule has 2 aromatic rings. The highest BCUT2D eigenvalue weighted by atomic mass is 16.6. The van der Waals surface area contributed by atoms with Gasteiger partial charge in [0.05, 0.1) is 4.92 Å². The molecule has 110 valence electrons. The second-order valence-corrected chi connectivity index (χ2v) is 4.51. The van der Waals surface area contributed by atoms with Gasteiger partial charge in [-0.05, 0) is 25.0 Å². The maximum absolute atomic E-state index is 11.2. The van der Waals surface area contributed by atoms with E-state index in [4.69, 9.17) is 5.84 Å². The maximum atomic E-state index is 11.2. The van der Waals surface area contributed by atoms with Crippen LogP contribution in [0.5, 0.6) is 0 Å². The fraction of sp³-hybridized carbons (Fsp3) is 0.231. The predicted molar refractivity (Wildman–Crippen MR) is 79.7 cm³/mol. The van der Waals surface area contributed by atoms with E-state index in [-0.39, 0.29) is 23.1 Å². The van der Waals surface area contributed by atoms with Crippen LogP contribution < -0.4 is 16.6 Å². The van der Waals surface area contributed by atoms with Crippen LogP contribution in [0, 0.1) is 24.0 Å². The Bertz CT molecular complexity index is 674. The number of anilines is 2. The molecule has 1 heterocycles. The summed E-state index contributed by atoms with van der Waals surface area (Å²) >= 11 is 0. The average Bonchev–Trinajstić information content (AvgIpc) is 2.45. The molecule has 0 fully saturated rings. The minimum Gasteiger partial charge on any atom is -0.360 e. The average molecular weight is 288 g/mol. The van der Waals surface area contributed by atoms with Gasteiger partial charge in [0, 0.05) is 6.54 Å². The Balaban J connectivity index is 2.32. The zero-order valence-corrected chi connectivity index (χ0v) is 11.8. The van der Waals surface area contributed by atoms with Gasteiger partial charge in [-0.3, -0.25) is 15.5 Å². The molecule has 0 aliphatic heterocycles. The highest BCUT2D eigenvalue weighted by Gasteiger charge is 2.21. The first-order valence-electron chi connectivity index (χ1n) is 6.31. The van der Waals surface area contributed by atoms with Crippen LogP contribution in [-0.4, -0.2) is 14.9 Å². The van der Waals surface area contributed by atoms with E-state index in [2.05, 4.69) is 20.7 Å². The third-order valence-electron chi connectivity index (χ3n) is 3.08. The fourth-order valence-electron chi connectivity index (χ4n) is 1.96. The fourth-order valence-corrected chi connectivity index (χ4v) is 1.96. The van der Waals surface area contributed by atoms with Gasteiger partial charge < -0.3 is 5.32 Å². The highest BCUT2D eigenvalue weighted by molar-refractivity contribution is 5.60. The first-order valence-corrected chi connectivity index (χ1v) is 6.31. The quantitative estimate of drug-likeness (QED) is 0.436. The van der Waals surface area contributed by atoms with E-state index in [1.807, 2.05) is 31.2 Å². The summed E-state index contributed by atoms with van der Waals surface area (Å²) in [7, 11) is 0. The number of hydrazine groups is 1. The van der Waals surface area contributed by atoms with Crippen molar-refractivity contribution in [2.45, 2.75) is 20.4 Å². The Morgan fingerprint density at radius 1 is 1.29 bits per heavy atom. The molecule has 21 heavy (non-hydrogen) atoms. The van der Waals surface area contributed by atoms with Crippen molar-refractivity contribution in [3.63, 3.8) is 0 Å². The lowest BCUT2D eigenvalue weighted by molar-refractivity contribution is -0.385. The molecule has 0 saturated heterocycles. The SMILES string of the molecule is Cc1ccccc1CNc1nc(NN)nc(C)c1[N+](=O)[O-]. The minimum absolute atomic E-state index is 0.130. The molecule has 1 aromatic carbocycles. The van der Waals surface area contributed by atoms with Crippen LogP contribution in [0.3, 0.4) is 0 Å². The molecule has 0 radical (unpaired) electrons. The van der Waals surface area contributed by atoms with Gasteiger partial charge in [-0.25, -0.2) is 10.8 Å². The summed E-state index contributed by atoms with van der Waals surface area (Å²) in [5, 5.41) is 14.1. The Morgan fingerprint density at radius 3 is 2.62 bits per heavy atom. The summed E-state index contributed by atoms with van der Waals surface area (Å²) in [6, 6.07) is 7.77. The highest BCUT2D eigenvalue weighted by Crippen LogP contribution is 2.26. The van der Waals surface area contributed by atoms with Crippen molar-refractivity contribution >= 4 is 17.5 Å². The standard InChI is InChI=1S/C13H16N6O2/c1-8-5-3-4-6-10(8)7-15-12-11(19(20)21)9(2)16-13(17-12)18-14/h3-6H,7,14H2,1-2H3,(H2,15,16,17,18). The van der Waals surface area contributed by atoms with Gasteiger partial charge in [-0.2, -0.15) is 4.98 Å². The molecule has 8 nitrogen and oxygen atoms in total. The third kappa shape index (κ3) is 3.23. The molecule has 0 atom stereocenters. The van der Waals surface area contributed by atoms with Crippen molar-refractivity contribution in [2.24, 2.45) is 5.84 Å². The summed E-state index contributed by atoms with van der Waals surface area (Å²) in [6.45, 7) is 3.94. The first kappa shape index (κ1) is 14.7. The van der Waals surface area contributed by atoms with Crippen LogP contribution in [0.15, 0.2) is 24.3 Å². The number of hydrogen-bond acceptors (Lipinski definition) is 7. The van der Waals surface area contributed by atoms with E-state index < -0.39 is 4.92 Å². The summed E-state index contributed by atoms with van der Waals surface area (Å²) < 4.78 is 0. The zero-order valence-electron chi connectivity index (χ0n) is 11.8. The minimum atomic E-state index is -0.504. The lowest BCUT2D eigenvalue weighted by Gasteiger charge is -2.10. The number of nitro groups is 1. The van der Waals surface area contributed by atoms with E-state index in [1.54, 1.807) is 6.92 Å². The summed E-state index contributed by atoms with van der Waals surface area (Å²) in [6.07, 6.45) is 0. The largest absolute Gasteiger partial charge is 0.360 e. The van der Waals surface area contributed by atoms with Crippen molar-refractivity contribution in [2.75, 3.05) is 10.7 Å². The van der Waals surface area contributed by atoms with Crippen LogP contribution >= 0.6 is 0 Å². The molecular formula is C13H16N6O2. The van der Waals surface area contributed by atoms with E-state index in [0.29, 0.717) is 6.54 Å². The number of aryl methyl sites for hydroxylation is 2. The Kier molecular flexibility index (Phi) is 4.29. The molecule has 1 aromatic heterocycles. The van der Waals surface area contributed by atoms with Crippen molar-refractivity contribution < 1.29 is 4.92 Å². The molecule has 0 aliphatic carbocycles. The van der Waals surface area contributed by atoms with Crippen molar-refractivity contribution in [1.82, 2.24) is 9.97 Å². The normalized spacial score (nSPS) is 10.2. The molecular weight excluding hydrogens is 272 g/mol. The Labute approximate surface area is 121 Å².